The van der Waals surface area contributed by atoms with Gasteiger partial charge in [-0.25, -0.2) is 0 Å². The van der Waals surface area contributed by atoms with E-state index >= 15 is 0 Å². The summed E-state index contributed by atoms with van der Waals surface area (Å²) < 4.78 is 0. The van der Waals surface area contributed by atoms with Crippen LogP contribution in [0, 0.1) is 5.92 Å². The van der Waals surface area contributed by atoms with Gasteiger partial charge >= 0.3 is 5.97 Å². The van der Waals surface area contributed by atoms with Crippen LogP contribution in [0.15, 0.2) is 18.3 Å². The Kier molecular flexibility index (Phi) is 3.91. The minimum absolute atomic E-state index is 0.298. The van der Waals surface area contributed by atoms with Gasteiger partial charge < -0.3 is 15.4 Å². The number of aromatic amines is 1. The number of carbonyl (C=O) groups is 2. The van der Waals surface area contributed by atoms with Crippen LogP contribution in [0.1, 0.15) is 19.0 Å². The molecular formula is C10H14N2O3. The third-order valence-corrected chi connectivity index (χ3v) is 2.14. The second kappa shape index (κ2) is 5.19. The number of aromatic nitrogens is 1. The van der Waals surface area contributed by atoms with E-state index < -0.39 is 17.8 Å². The lowest BCUT2D eigenvalue weighted by Crippen LogP contribution is -2.34. The molecule has 0 aliphatic heterocycles. The fourth-order valence-electron chi connectivity index (χ4n) is 1.26. The van der Waals surface area contributed by atoms with E-state index in [1.165, 1.54) is 0 Å². The van der Waals surface area contributed by atoms with E-state index in [0.29, 0.717) is 13.0 Å². The summed E-state index contributed by atoms with van der Waals surface area (Å²) in [4.78, 5) is 25.0. The van der Waals surface area contributed by atoms with Gasteiger partial charge in [-0.2, -0.15) is 0 Å². The largest absolute Gasteiger partial charge is 0.481 e. The number of amides is 1. The predicted molar refractivity (Wildman–Crippen MR) is 54.1 cm³/mol. The first-order valence-electron chi connectivity index (χ1n) is 4.78. The molecule has 1 aromatic rings. The van der Waals surface area contributed by atoms with E-state index in [9.17, 15) is 9.59 Å². The number of hydrogen-bond acceptors (Lipinski definition) is 2. The van der Waals surface area contributed by atoms with Crippen molar-refractivity contribution in [3.63, 3.8) is 0 Å². The molecule has 5 nitrogen and oxygen atoms in total. The fourth-order valence-corrected chi connectivity index (χ4v) is 1.26. The van der Waals surface area contributed by atoms with E-state index in [0.717, 1.165) is 5.69 Å². The highest BCUT2D eigenvalue weighted by molar-refractivity contribution is 5.96. The standard InChI is InChI=1S/C10H14N2O3/c1-2-8(10(14)15)9(13)12-6-7-4-3-5-11-7/h3-5,8,11H,2,6H2,1H3,(H,12,13)(H,14,15). The van der Waals surface area contributed by atoms with Gasteiger partial charge in [0, 0.05) is 11.9 Å². The number of carboxylic acid groups (broad SMARTS) is 1. The first kappa shape index (κ1) is 11.3. The molecule has 0 radical (unpaired) electrons. The third-order valence-electron chi connectivity index (χ3n) is 2.14. The van der Waals surface area contributed by atoms with Crippen LogP contribution in [0.25, 0.3) is 0 Å². The second-order valence-corrected chi connectivity index (χ2v) is 3.21. The van der Waals surface area contributed by atoms with Crippen molar-refractivity contribution in [2.45, 2.75) is 19.9 Å². The van der Waals surface area contributed by atoms with Crippen LogP contribution < -0.4 is 5.32 Å². The maximum Gasteiger partial charge on any atom is 0.316 e. The van der Waals surface area contributed by atoms with Gasteiger partial charge in [0.25, 0.3) is 0 Å². The molecule has 0 aromatic carbocycles. The van der Waals surface area contributed by atoms with Crippen molar-refractivity contribution < 1.29 is 14.7 Å². The molecule has 0 saturated heterocycles. The van der Waals surface area contributed by atoms with Crippen LogP contribution in [-0.2, 0) is 16.1 Å². The van der Waals surface area contributed by atoms with Crippen molar-refractivity contribution in [1.29, 1.82) is 0 Å². The first-order valence-corrected chi connectivity index (χ1v) is 4.78. The molecule has 1 heterocycles. The second-order valence-electron chi connectivity index (χ2n) is 3.21. The minimum Gasteiger partial charge on any atom is -0.481 e. The van der Waals surface area contributed by atoms with Gasteiger partial charge in [-0.05, 0) is 18.6 Å². The summed E-state index contributed by atoms with van der Waals surface area (Å²) in [6.45, 7) is 2.00. The van der Waals surface area contributed by atoms with Gasteiger partial charge in [0.05, 0.1) is 6.54 Å². The van der Waals surface area contributed by atoms with Crippen molar-refractivity contribution in [2.24, 2.45) is 5.92 Å². The van der Waals surface area contributed by atoms with Crippen LogP contribution >= 0.6 is 0 Å². The van der Waals surface area contributed by atoms with Crippen molar-refractivity contribution >= 4 is 11.9 Å². The minimum atomic E-state index is -1.08. The van der Waals surface area contributed by atoms with Gasteiger partial charge in [-0.15, -0.1) is 0 Å². The van der Waals surface area contributed by atoms with Crippen molar-refractivity contribution in [3.05, 3.63) is 24.0 Å². The predicted octanol–water partition coefficient (Wildman–Crippen LogP) is 0.742. The summed E-state index contributed by atoms with van der Waals surface area (Å²) in [5.41, 5.74) is 0.851. The van der Waals surface area contributed by atoms with Crippen LogP contribution in [0.3, 0.4) is 0 Å². The summed E-state index contributed by atoms with van der Waals surface area (Å²) in [5.74, 6) is -2.49. The smallest absolute Gasteiger partial charge is 0.316 e. The molecule has 0 bridgehead atoms. The third kappa shape index (κ3) is 3.12. The van der Waals surface area contributed by atoms with Gasteiger partial charge in [0.2, 0.25) is 5.91 Å². The molecule has 0 aliphatic carbocycles. The zero-order valence-electron chi connectivity index (χ0n) is 8.49. The average Bonchev–Trinajstić information content (AvgIpc) is 2.67. The van der Waals surface area contributed by atoms with E-state index in [2.05, 4.69) is 10.3 Å². The van der Waals surface area contributed by atoms with E-state index in [1.54, 1.807) is 13.1 Å². The number of carbonyl (C=O) groups excluding carboxylic acids is 1. The Balaban J connectivity index is 2.44. The molecule has 0 spiro atoms. The van der Waals surface area contributed by atoms with Crippen LogP contribution in [-0.4, -0.2) is 22.0 Å². The quantitative estimate of drug-likeness (QED) is 0.627. The van der Waals surface area contributed by atoms with Gasteiger partial charge in [0.1, 0.15) is 5.92 Å². The number of rotatable bonds is 5. The number of H-pyrrole nitrogens is 1. The molecule has 0 fully saturated rings. The van der Waals surface area contributed by atoms with Gasteiger partial charge in [-0.1, -0.05) is 6.92 Å². The van der Waals surface area contributed by atoms with Crippen molar-refractivity contribution in [2.75, 3.05) is 0 Å². The highest BCUT2D eigenvalue weighted by Gasteiger charge is 2.23. The summed E-state index contributed by atoms with van der Waals surface area (Å²) >= 11 is 0. The molecule has 0 saturated carbocycles. The Morgan fingerprint density at radius 2 is 2.33 bits per heavy atom. The molecule has 3 N–H and O–H groups in total. The van der Waals surface area contributed by atoms with Crippen molar-refractivity contribution in [1.82, 2.24) is 10.3 Å². The monoisotopic (exact) mass is 210 g/mol. The zero-order chi connectivity index (χ0) is 11.3. The molecule has 0 aliphatic rings. The highest BCUT2D eigenvalue weighted by Crippen LogP contribution is 2.03. The summed E-state index contributed by atoms with van der Waals surface area (Å²) in [6.07, 6.45) is 2.04. The normalized spacial score (nSPS) is 12.1. The zero-order valence-corrected chi connectivity index (χ0v) is 8.49. The molecule has 1 unspecified atom stereocenters. The molecule has 1 rings (SSSR count). The molecule has 5 heteroatoms. The Bertz CT molecular complexity index is 332. The number of carboxylic acids is 1. The van der Waals surface area contributed by atoms with E-state index in [1.807, 2.05) is 12.1 Å². The molecular weight excluding hydrogens is 196 g/mol. The van der Waals surface area contributed by atoms with E-state index in [4.69, 9.17) is 5.11 Å². The Labute approximate surface area is 87.5 Å². The van der Waals surface area contributed by atoms with Crippen molar-refractivity contribution in [3.8, 4) is 0 Å². The summed E-state index contributed by atoms with van der Waals surface area (Å²) in [6, 6.07) is 3.64. The van der Waals surface area contributed by atoms with E-state index in [-0.39, 0.29) is 0 Å². The summed E-state index contributed by atoms with van der Waals surface area (Å²) in [5, 5.41) is 11.3. The van der Waals surface area contributed by atoms with Crippen LogP contribution in [0.2, 0.25) is 0 Å². The molecule has 15 heavy (non-hydrogen) atoms. The Hall–Kier alpha value is -1.78. The SMILES string of the molecule is CCC(C(=O)O)C(=O)NCc1ccc[nH]1. The van der Waals surface area contributed by atoms with Gasteiger partial charge in [-0.3, -0.25) is 9.59 Å². The number of aliphatic carboxylic acids is 1. The maximum absolute atomic E-state index is 11.4. The fraction of sp³-hybridized carbons (Fsp3) is 0.400. The Morgan fingerprint density at radius 3 is 2.80 bits per heavy atom. The van der Waals surface area contributed by atoms with Crippen LogP contribution in [0.5, 0.6) is 0 Å². The lowest BCUT2D eigenvalue weighted by atomic mass is 10.1. The molecule has 1 amide bonds. The van der Waals surface area contributed by atoms with Gasteiger partial charge in [0.15, 0.2) is 0 Å². The lowest BCUT2D eigenvalue weighted by Gasteiger charge is -2.09. The molecule has 1 atom stereocenters. The number of hydrogen-bond donors (Lipinski definition) is 3. The molecule has 1 aromatic heterocycles. The van der Waals surface area contributed by atoms with Crippen LogP contribution in [0.4, 0.5) is 0 Å². The number of nitrogens with one attached hydrogen (secondary N) is 2. The highest BCUT2D eigenvalue weighted by atomic mass is 16.4. The topological polar surface area (TPSA) is 82.2 Å². The maximum atomic E-state index is 11.4. The average molecular weight is 210 g/mol. The Morgan fingerprint density at radius 1 is 1.60 bits per heavy atom. The lowest BCUT2D eigenvalue weighted by molar-refractivity contribution is -0.147. The first-order chi connectivity index (χ1) is 7.15. The molecule has 82 valence electrons. The summed E-state index contributed by atoms with van der Waals surface area (Å²) in [7, 11) is 0.